The zero-order valence-corrected chi connectivity index (χ0v) is 33.8. The first-order chi connectivity index (χ1) is 23.6. The summed E-state index contributed by atoms with van der Waals surface area (Å²) in [5.41, 5.74) is 0. The summed E-state index contributed by atoms with van der Waals surface area (Å²) in [5.74, 6) is -0.354. The van der Waals surface area contributed by atoms with Gasteiger partial charge in [0.1, 0.15) is 19.8 Å². The van der Waals surface area contributed by atoms with Gasteiger partial charge < -0.3 is 27.9 Å². The van der Waals surface area contributed by atoms with Crippen molar-refractivity contribution in [3.8, 4) is 0 Å². The van der Waals surface area contributed by atoms with Crippen molar-refractivity contribution in [1.82, 2.24) is 0 Å². The molecule has 0 heterocycles. The van der Waals surface area contributed by atoms with Crippen molar-refractivity contribution in [1.29, 1.82) is 0 Å². The van der Waals surface area contributed by atoms with Crippen LogP contribution in [-0.4, -0.2) is 64.1 Å². The maximum atomic E-state index is 12.6. The average Bonchev–Trinajstić information content (AvgIpc) is 3.04. The van der Waals surface area contributed by atoms with Gasteiger partial charge in [0.2, 0.25) is 0 Å². The van der Waals surface area contributed by atoms with E-state index in [0.29, 0.717) is 17.4 Å². The van der Waals surface area contributed by atoms with Crippen molar-refractivity contribution in [2.45, 2.75) is 193 Å². The molecule has 292 valence electrons. The third kappa shape index (κ3) is 38.1. The van der Waals surface area contributed by atoms with Crippen molar-refractivity contribution in [3.05, 3.63) is 12.3 Å². The third-order valence-corrected chi connectivity index (χ3v) is 9.88. The molecule has 0 aromatic rings. The number of phosphoric ester groups is 1. The fourth-order valence-electron chi connectivity index (χ4n) is 5.69. The lowest BCUT2D eigenvalue weighted by Gasteiger charge is -2.28. The molecule has 9 heteroatoms. The van der Waals surface area contributed by atoms with Crippen LogP contribution in [0.25, 0.3) is 0 Å². The number of nitrogens with zero attached hydrogens (tertiary/aromatic N) is 1. The summed E-state index contributed by atoms with van der Waals surface area (Å²) in [7, 11) is 1.33. The van der Waals surface area contributed by atoms with Crippen LogP contribution in [0.15, 0.2) is 12.3 Å². The van der Waals surface area contributed by atoms with Crippen LogP contribution < -0.4 is 4.89 Å². The van der Waals surface area contributed by atoms with Gasteiger partial charge in [0.05, 0.1) is 34.0 Å². The first-order valence-electron chi connectivity index (χ1n) is 20.5. The highest BCUT2D eigenvalue weighted by atomic mass is 31.2. The van der Waals surface area contributed by atoms with Crippen LogP contribution in [0.1, 0.15) is 187 Å². The van der Waals surface area contributed by atoms with Gasteiger partial charge in [-0.15, -0.1) is 0 Å². The quantitative estimate of drug-likeness (QED) is 0.0206. The van der Waals surface area contributed by atoms with Crippen molar-refractivity contribution >= 4 is 13.8 Å². The monoisotopic (exact) mass is 718 g/mol. The van der Waals surface area contributed by atoms with Crippen LogP contribution in [0, 0.1) is 0 Å². The maximum absolute atomic E-state index is 12.6. The van der Waals surface area contributed by atoms with E-state index in [1.54, 1.807) is 6.26 Å². The Balaban J connectivity index is 4.31. The van der Waals surface area contributed by atoms with Gasteiger partial charge in [-0.05, 0) is 25.3 Å². The Morgan fingerprint density at radius 2 is 1.06 bits per heavy atom. The molecular weight excluding hydrogens is 637 g/mol. The van der Waals surface area contributed by atoms with Crippen molar-refractivity contribution < 1.29 is 37.3 Å². The van der Waals surface area contributed by atoms with Crippen LogP contribution in [-0.2, 0) is 27.9 Å². The summed E-state index contributed by atoms with van der Waals surface area (Å²) < 4.78 is 34.2. The Labute approximate surface area is 303 Å². The van der Waals surface area contributed by atoms with Crippen LogP contribution in [0.4, 0.5) is 0 Å². The highest BCUT2D eigenvalue weighted by Crippen LogP contribution is 2.38. The molecule has 2 atom stereocenters. The summed E-state index contributed by atoms with van der Waals surface area (Å²) in [6, 6.07) is 0. The predicted molar refractivity (Wildman–Crippen MR) is 203 cm³/mol. The molecule has 0 bridgehead atoms. The number of likely N-dealkylation sites (N-methyl/N-ethyl adjacent to an activating group) is 1. The van der Waals surface area contributed by atoms with Gasteiger partial charge in [0.15, 0.2) is 6.10 Å². The number of esters is 1. The maximum Gasteiger partial charge on any atom is 0.306 e. The predicted octanol–water partition coefficient (Wildman–Crippen LogP) is 11.2. The van der Waals surface area contributed by atoms with Gasteiger partial charge in [-0.25, -0.2) is 0 Å². The van der Waals surface area contributed by atoms with E-state index in [4.69, 9.17) is 18.5 Å². The Morgan fingerprint density at radius 3 is 1.51 bits per heavy atom. The normalized spacial score (nSPS) is 13.9. The molecule has 0 spiro atoms. The topological polar surface area (TPSA) is 94.1 Å². The second kappa shape index (κ2) is 34.2. The molecule has 0 rings (SSSR count). The molecular formula is C40H80NO7P. The zero-order chi connectivity index (χ0) is 36.3. The van der Waals surface area contributed by atoms with E-state index in [-0.39, 0.29) is 25.8 Å². The number of phosphoric acid groups is 1. The molecule has 0 radical (unpaired) electrons. The number of allylic oxidation sites excluding steroid dienone is 1. The summed E-state index contributed by atoms with van der Waals surface area (Å²) in [6.45, 7) is 4.75. The minimum atomic E-state index is -4.53. The fourth-order valence-corrected chi connectivity index (χ4v) is 6.42. The molecule has 49 heavy (non-hydrogen) atoms. The molecule has 8 nitrogen and oxygen atoms in total. The van der Waals surface area contributed by atoms with Gasteiger partial charge in [-0.1, -0.05) is 162 Å². The van der Waals surface area contributed by atoms with E-state index in [9.17, 15) is 14.3 Å². The second-order valence-electron chi connectivity index (χ2n) is 15.1. The standard InChI is InChI=1S/C40H80NO7P/c1-6-8-10-12-14-16-18-20-22-24-26-28-30-32-35-45-37-39(38-47-49(43,44)46-36-34-41(3,4)5)48-40(42)33-31-29-27-25-23-21-19-17-15-13-11-9-7-2/h32,35,39H,6-31,33-34,36-38H2,1-5H3. The Hall–Kier alpha value is -0.920. The van der Waals surface area contributed by atoms with Crippen molar-refractivity contribution in [2.75, 3.05) is 47.5 Å². The number of quaternary nitrogens is 1. The molecule has 0 amide bonds. The number of hydrogen-bond donors (Lipinski definition) is 0. The summed E-state index contributed by atoms with van der Waals surface area (Å²) in [6.07, 6.45) is 35.9. The summed E-state index contributed by atoms with van der Waals surface area (Å²) >= 11 is 0. The molecule has 0 saturated carbocycles. The molecule has 0 aliphatic heterocycles. The lowest BCUT2D eigenvalue weighted by molar-refractivity contribution is -0.870. The first kappa shape index (κ1) is 48.1. The van der Waals surface area contributed by atoms with Gasteiger partial charge >= 0.3 is 5.97 Å². The van der Waals surface area contributed by atoms with E-state index in [1.807, 2.05) is 27.2 Å². The van der Waals surface area contributed by atoms with E-state index in [0.717, 1.165) is 32.1 Å². The molecule has 0 aliphatic carbocycles. The molecule has 0 fully saturated rings. The van der Waals surface area contributed by atoms with Gasteiger partial charge in [-0.2, -0.15) is 0 Å². The number of unbranched alkanes of at least 4 members (excludes halogenated alkanes) is 24. The zero-order valence-electron chi connectivity index (χ0n) is 32.9. The van der Waals surface area contributed by atoms with Crippen LogP contribution in [0.2, 0.25) is 0 Å². The highest BCUT2D eigenvalue weighted by molar-refractivity contribution is 7.45. The van der Waals surface area contributed by atoms with Crippen molar-refractivity contribution in [2.24, 2.45) is 0 Å². The Kier molecular flexibility index (Phi) is 33.5. The Morgan fingerprint density at radius 1 is 0.633 bits per heavy atom. The van der Waals surface area contributed by atoms with Gasteiger partial charge in [-0.3, -0.25) is 9.36 Å². The van der Waals surface area contributed by atoms with E-state index in [1.165, 1.54) is 135 Å². The molecule has 0 aromatic heterocycles. The van der Waals surface area contributed by atoms with Crippen LogP contribution >= 0.6 is 7.82 Å². The lowest BCUT2D eigenvalue weighted by atomic mass is 10.0. The summed E-state index contributed by atoms with van der Waals surface area (Å²) in [4.78, 5) is 24.9. The van der Waals surface area contributed by atoms with Crippen molar-refractivity contribution in [3.63, 3.8) is 0 Å². The summed E-state index contributed by atoms with van der Waals surface area (Å²) in [5, 5.41) is 0. The van der Waals surface area contributed by atoms with Crippen LogP contribution in [0.3, 0.4) is 0 Å². The largest absolute Gasteiger partial charge is 0.756 e. The fraction of sp³-hybridized carbons (Fsp3) is 0.925. The SMILES string of the molecule is CCCCCCCCCCCCCCC=COCC(COP(=O)([O-])OCC[N+](C)(C)C)OC(=O)CCCCCCCCCCCCCCC. The lowest BCUT2D eigenvalue weighted by Crippen LogP contribution is -2.37. The number of ether oxygens (including phenoxy) is 2. The molecule has 0 N–H and O–H groups in total. The number of rotatable bonds is 38. The smallest absolute Gasteiger partial charge is 0.306 e. The third-order valence-electron chi connectivity index (χ3n) is 8.91. The van der Waals surface area contributed by atoms with E-state index in [2.05, 4.69) is 13.8 Å². The number of carbonyl (C=O) groups is 1. The Bertz CT molecular complexity index is 802. The minimum Gasteiger partial charge on any atom is -0.756 e. The molecule has 0 aromatic carbocycles. The number of hydrogen-bond acceptors (Lipinski definition) is 7. The van der Waals surface area contributed by atoms with E-state index >= 15 is 0 Å². The molecule has 2 unspecified atom stereocenters. The first-order valence-corrected chi connectivity index (χ1v) is 21.9. The van der Waals surface area contributed by atoms with Gasteiger partial charge in [0, 0.05) is 6.42 Å². The minimum absolute atomic E-state index is 0.0200. The number of carbonyl (C=O) groups excluding carboxylic acids is 1. The van der Waals surface area contributed by atoms with Crippen LogP contribution in [0.5, 0.6) is 0 Å². The highest BCUT2D eigenvalue weighted by Gasteiger charge is 2.20. The second-order valence-corrected chi connectivity index (χ2v) is 16.5. The molecule has 0 aliphatic rings. The van der Waals surface area contributed by atoms with E-state index < -0.39 is 13.9 Å². The molecule has 0 saturated heterocycles. The average molecular weight is 718 g/mol. The van der Waals surface area contributed by atoms with Gasteiger partial charge in [0.25, 0.3) is 7.82 Å².